The molecule has 39 heavy (non-hydrogen) atoms. The van der Waals surface area contributed by atoms with Crippen molar-refractivity contribution in [1.29, 1.82) is 0 Å². The predicted octanol–water partition coefficient (Wildman–Crippen LogP) is 2.97. The van der Waals surface area contributed by atoms with Gasteiger partial charge in [0.2, 0.25) is 5.91 Å². The molecule has 0 aliphatic carbocycles. The average molecular weight is 556 g/mol. The first kappa shape index (κ1) is 28.4. The molecule has 0 saturated carbocycles. The number of anilines is 2. The lowest BCUT2D eigenvalue weighted by Gasteiger charge is -2.36. The Morgan fingerprint density at radius 1 is 1.03 bits per heavy atom. The Morgan fingerprint density at radius 2 is 1.69 bits per heavy atom. The molecule has 0 aromatic heterocycles. The smallest absolute Gasteiger partial charge is 0.338 e. The Bertz CT molecular complexity index is 1190. The highest BCUT2D eigenvalue weighted by Gasteiger charge is 2.41. The van der Waals surface area contributed by atoms with Crippen LogP contribution in [0.5, 0.6) is 0 Å². The van der Waals surface area contributed by atoms with Gasteiger partial charge in [-0.1, -0.05) is 0 Å². The minimum absolute atomic E-state index is 0.0285. The number of hydrogen-bond donors (Lipinski definition) is 1. The van der Waals surface area contributed by atoms with E-state index < -0.39 is 12.0 Å². The summed E-state index contributed by atoms with van der Waals surface area (Å²) in [5, 5.41) is 3.23. The Balaban J connectivity index is 1.26. The number of nitrogens with zero attached hydrogens (tertiary/aromatic N) is 4. The Hall–Kier alpha value is -3.57. The van der Waals surface area contributed by atoms with Crippen molar-refractivity contribution < 1.29 is 23.5 Å². The minimum atomic E-state index is -0.656. The number of hydrogen-bond acceptors (Lipinski definition) is 7. The maximum Gasteiger partial charge on any atom is 0.338 e. The number of carbonyl (C=O) groups is 3. The molecule has 1 unspecified atom stereocenters. The predicted molar refractivity (Wildman–Crippen MR) is 151 cm³/mol. The molecule has 4 rings (SSSR count). The van der Waals surface area contributed by atoms with Gasteiger partial charge in [0.05, 0.1) is 18.6 Å². The van der Waals surface area contributed by atoms with E-state index in [0.29, 0.717) is 22.9 Å². The molecular weight excluding hydrogens is 521 g/mol. The van der Waals surface area contributed by atoms with Crippen LogP contribution in [0.3, 0.4) is 0 Å². The van der Waals surface area contributed by atoms with E-state index in [2.05, 4.69) is 15.1 Å². The molecular formula is C28H34FN5O4S. The summed E-state index contributed by atoms with van der Waals surface area (Å²) in [5.74, 6) is -1.16. The first-order chi connectivity index (χ1) is 18.8. The molecule has 0 spiro atoms. The van der Waals surface area contributed by atoms with Crippen molar-refractivity contribution in [1.82, 2.24) is 14.7 Å². The van der Waals surface area contributed by atoms with Crippen LogP contribution in [0.15, 0.2) is 48.5 Å². The number of esters is 1. The van der Waals surface area contributed by atoms with E-state index in [1.54, 1.807) is 38.2 Å². The molecule has 11 heteroatoms. The van der Waals surface area contributed by atoms with Gasteiger partial charge in [0.1, 0.15) is 11.9 Å². The molecule has 0 radical (unpaired) electrons. The molecule has 2 heterocycles. The number of benzene rings is 2. The molecule has 2 fully saturated rings. The van der Waals surface area contributed by atoms with Crippen LogP contribution >= 0.6 is 12.2 Å². The minimum Gasteiger partial charge on any atom is -0.462 e. The topological polar surface area (TPSA) is 85.4 Å². The van der Waals surface area contributed by atoms with Gasteiger partial charge in [0, 0.05) is 51.1 Å². The Morgan fingerprint density at radius 3 is 2.33 bits per heavy atom. The van der Waals surface area contributed by atoms with Crippen LogP contribution in [0.25, 0.3) is 0 Å². The number of piperazine rings is 1. The van der Waals surface area contributed by atoms with Gasteiger partial charge in [0.15, 0.2) is 5.11 Å². The zero-order valence-electron chi connectivity index (χ0n) is 22.3. The van der Waals surface area contributed by atoms with E-state index in [1.807, 2.05) is 17.0 Å². The fourth-order valence-corrected chi connectivity index (χ4v) is 5.17. The largest absolute Gasteiger partial charge is 0.462 e. The summed E-state index contributed by atoms with van der Waals surface area (Å²) in [4.78, 5) is 45.4. The summed E-state index contributed by atoms with van der Waals surface area (Å²) in [7, 11) is 1.64. The van der Waals surface area contributed by atoms with Crippen LogP contribution in [0.2, 0.25) is 0 Å². The molecule has 0 bridgehead atoms. The molecule has 2 aliphatic heterocycles. The van der Waals surface area contributed by atoms with Gasteiger partial charge < -0.3 is 19.9 Å². The average Bonchev–Trinajstić information content (AvgIpc) is 3.13. The second-order valence-electron chi connectivity index (χ2n) is 9.60. The third-order valence-electron chi connectivity index (χ3n) is 7.02. The van der Waals surface area contributed by atoms with Crippen LogP contribution in [0.1, 0.15) is 30.1 Å². The standard InChI is InChI=1S/C28H34FN5O4S/c1-3-38-27(37)20-5-9-22(10-6-20)30-25(35)19-24-26(36)31(2)28(39)34(24)14-4-13-32-15-17-33(18-16-32)23-11-7-21(29)8-12-23/h5-12,24H,3-4,13-19H2,1-2H3,(H,30,35). The summed E-state index contributed by atoms with van der Waals surface area (Å²) in [6.45, 7) is 6.94. The van der Waals surface area contributed by atoms with E-state index in [1.165, 1.54) is 17.0 Å². The van der Waals surface area contributed by atoms with Crippen molar-refractivity contribution in [3.05, 3.63) is 59.9 Å². The summed E-state index contributed by atoms with van der Waals surface area (Å²) >= 11 is 5.52. The lowest BCUT2D eigenvalue weighted by molar-refractivity contribution is -0.130. The van der Waals surface area contributed by atoms with Gasteiger partial charge in [-0.2, -0.15) is 0 Å². The molecule has 2 amide bonds. The normalized spacial score (nSPS) is 18.0. The Labute approximate surface area is 233 Å². The second-order valence-corrected chi connectivity index (χ2v) is 9.96. The second kappa shape index (κ2) is 13.0. The first-order valence-corrected chi connectivity index (χ1v) is 13.6. The van der Waals surface area contributed by atoms with E-state index >= 15 is 0 Å². The van der Waals surface area contributed by atoms with Crippen LogP contribution in [-0.4, -0.2) is 96.6 Å². The van der Waals surface area contributed by atoms with Gasteiger partial charge in [-0.25, -0.2) is 9.18 Å². The highest BCUT2D eigenvalue weighted by atomic mass is 32.1. The number of carbonyl (C=O) groups excluding carboxylic acids is 3. The highest BCUT2D eigenvalue weighted by molar-refractivity contribution is 7.80. The first-order valence-electron chi connectivity index (χ1n) is 13.1. The monoisotopic (exact) mass is 555 g/mol. The highest BCUT2D eigenvalue weighted by Crippen LogP contribution is 2.22. The van der Waals surface area contributed by atoms with Gasteiger partial charge in [-0.3, -0.25) is 19.4 Å². The van der Waals surface area contributed by atoms with E-state index in [4.69, 9.17) is 17.0 Å². The molecule has 1 atom stereocenters. The number of rotatable bonds is 10. The SMILES string of the molecule is CCOC(=O)c1ccc(NC(=O)CC2C(=O)N(C)C(=S)N2CCCN2CCN(c3ccc(F)cc3)CC2)cc1. The fourth-order valence-electron chi connectivity index (χ4n) is 4.86. The van der Waals surface area contributed by atoms with Crippen LogP contribution in [-0.2, 0) is 14.3 Å². The summed E-state index contributed by atoms with van der Waals surface area (Å²) in [5.41, 5.74) is 1.95. The molecule has 2 aromatic carbocycles. The van der Waals surface area contributed by atoms with Gasteiger partial charge >= 0.3 is 5.97 Å². The van der Waals surface area contributed by atoms with Crippen LogP contribution < -0.4 is 10.2 Å². The molecule has 2 aromatic rings. The zero-order chi connectivity index (χ0) is 27.9. The fraction of sp³-hybridized carbons (Fsp3) is 0.429. The third kappa shape index (κ3) is 7.10. The molecule has 1 N–H and O–H groups in total. The Kier molecular flexibility index (Phi) is 9.47. The van der Waals surface area contributed by atoms with E-state index in [9.17, 15) is 18.8 Å². The molecule has 2 aliphatic rings. The summed E-state index contributed by atoms with van der Waals surface area (Å²) < 4.78 is 18.2. The molecule has 9 nitrogen and oxygen atoms in total. The summed E-state index contributed by atoms with van der Waals surface area (Å²) in [6, 6.07) is 12.4. The number of ether oxygens (including phenoxy) is 1. The lowest BCUT2D eigenvalue weighted by Crippen LogP contribution is -2.47. The van der Waals surface area contributed by atoms with Crippen LogP contribution in [0, 0.1) is 5.82 Å². The quantitative estimate of drug-likeness (QED) is 0.354. The van der Waals surface area contributed by atoms with E-state index in [-0.39, 0.29) is 30.7 Å². The van der Waals surface area contributed by atoms with Crippen molar-refractivity contribution in [2.75, 3.05) is 63.1 Å². The van der Waals surface area contributed by atoms with Crippen molar-refractivity contribution in [3.63, 3.8) is 0 Å². The zero-order valence-corrected chi connectivity index (χ0v) is 23.1. The third-order valence-corrected chi connectivity index (χ3v) is 7.53. The van der Waals surface area contributed by atoms with Crippen molar-refractivity contribution in [3.8, 4) is 0 Å². The maximum absolute atomic E-state index is 13.2. The van der Waals surface area contributed by atoms with Crippen molar-refractivity contribution in [2.45, 2.75) is 25.8 Å². The maximum atomic E-state index is 13.2. The number of likely N-dealkylation sites (N-methyl/N-ethyl adjacent to an activating group) is 1. The summed E-state index contributed by atoms with van der Waals surface area (Å²) in [6.07, 6.45) is 0.768. The van der Waals surface area contributed by atoms with Gasteiger partial charge in [-0.15, -0.1) is 0 Å². The van der Waals surface area contributed by atoms with Crippen LogP contribution in [0.4, 0.5) is 15.8 Å². The van der Waals surface area contributed by atoms with Gasteiger partial charge in [-0.05, 0) is 80.6 Å². The van der Waals surface area contributed by atoms with Gasteiger partial charge in [0.25, 0.3) is 5.91 Å². The number of thiocarbonyl (C=S) groups is 1. The van der Waals surface area contributed by atoms with Crippen molar-refractivity contribution in [2.24, 2.45) is 0 Å². The number of halogens is 1. The molecule has 208 valence electrons. The van der Waals surface area contributed by atoms with E-state index in [0.717, 1.165) is 44.8 Å². The molecule has 2 saturated heterocycles. The number of amides is 2. The number of nitrogens with one attached hydrogen (secondary N) is 1. The van der Waals surface area contributed by atoms with Crippen molar-refractivity contribution >= 4 is 46.5 Å². The lowest BCUT2D eigenvalue weighted by atomic mass is 10.1.